The van der Waals surface area contributed by atoms with Crippen LogP contribution in [0.15, 0.2) is 127 Å². The summed E-state index contributed by atoms with van der Waals surface area (Å²) in [5, 5.41) is 13.4. The highest BCUT2D eigenvalue weighted by molar-refractivity contribution is 7.55. The second-order valence-electron chi connectivity index (χ2n) is 8.87. The molecule has 2 nitrogen and oxygen atoms in total. The zero-order valence-corrected chi connectivity index (χ0v) is 20.7. The van der Waals surface area contributed by atoms with Crippen molar-refractivity contribution in [3.8, 4) is 5.75 Å². The fraction of sp³-hybridized carbons (Fsp3) is 0.125. The molecule has 1 N–H and O–H groups in total. The van der Waals surface area contributed by atoms with Crippen molar-refractivity contribution in [3.05, 3.63) is 139 Å². The Morgan fingerprint density at radius 2 is 1.31 bits per heavy atom. The molecular weight excluding hydrogens is 445 g/mol. The maximum absolute atomic E-state index is 11.2. The van der Waals surface area contributed by atoms with Gasteiger partial charge in [0.05, 0.1) is 0 Å². The minimum Gasteiger partial charge on any atom is -0.507 e. The predicted octanol–water partition coefficient (Wildman–Crippen LogP) is 7.03. The molecule has 4 aromatic carbocycles. The number of hydrogen-bond acceptors (Lipinski definition) is 2. The van der Waals surface area contributed by atoms with E-state index in [0.29, 0.717) is 20.2 Å². The monoisotopic (exact) mass is 475 g/mol. The van der Waals surface area contributed by atoms with Crippen molar-refractivity contribution in [2.75, 3.05) is 4.90 Å². The Balaban J connectivity index is 1.42. The van der Waals surface area contributed by atoms with Gasteiger partial charge in [-0.15, -0.1) is 0 Å². The highest BCUT2D eigenvalue weighted by Crippen LogP contribution is 2.30. The van der Waals surface area contributed by atoms with Gasteiger partial charge in [-0.3, -0.25) is 0 Å². The third kappa shape index (κ3) is 5.73. The molecule has 0 heterocycles. The van der Waals surface area contributed by atoms with Crippen molar-refractivity contribution in [3.63, 3.8) is 0 Å². The normalized spacial score (nSPS) is 15.0. The molecule has 0 bridgehead atoms. The number of allylic oxidation sites excluding steroid dienone is 4. The summed E-state index contributed by atoms with van der Waals surface area (Å²) in [6.07, 6.45) is 10.5. The Morgan fingerprint density at radius 3 is 2.00 bits per heavy atom. The molecule has 0 saturated carbocycles. The van der Waals surface area contributed by atoms with Gasteiger partial charge in [-0.25, -0.2) is 0 Å². The van der Waals surface area contributed by atoms with Gasteiger partial charge in [-0.2, -0.15) is 0 Å². The van der Waals surface area contributed by atoms with Crippen LogP contribution >= 0.6 is 8.58 Å². The van der Waals surface area contributed by atoms with Crippen LogP contribution in [0, 0.1) is 5.92 Å². The van der Waals surface area contributed by atoms with Crippen LogP contribution in [0.25, 0.3) is 0 Å². The Hall–Kier alpha value is -3.61. The molecule has 0 fully saturated rings. The zero-order valence-electron chi connectivity index (χ0n) is 19.7. The predicted molar refractivity (Wildman–Crippen MR) is 151 cm³/mol. The van der Waals surface area contributed by atoms with Crippen LogP contribution in [0.5, 0.6) is 5.75 Å². The molecule has 0 spiro atoms. The Labute approximate surface area is 210 Å². The third-order valence-corrected chi connectivity index (χ3v) is 7.85. The van der Waals surface area contributed by atoms with Crippen LogP contribution in [0.3, 0.4) is 0 Å². The minimum atomic E-state index is 0.389. The number of phenols is 1. The first-order chi connectivity index (χ1) is 17.3. The summed E-state index contributed by atoms with van der Waals surface area (Å²) in [6.45, 7) is 0.761. The van der Waals surface area contributed by atoms with E-state index in [1.165, 1.54) is 10.9 Å². The number of nitrogens with zero attached hydrogens (tertiary/aromatic N) is 1. The zero-order chi connectivity index (χ0) is 23.9. The van der Waals surface area contributed by atoms with E-state index in [0.717, 1.165) is 41.6 Å². The van der Waals surface area contributed by atoms with Crippen LogP contribution in [0.4, 0.5) is 11.4 Å². The van der Waals surface area contributed by atoms with Gasteiger partial charge in [-0.05, 0) is 59.5 Å². The van der Waals surface area contributed by atoms with Crippen molar-refractivity contribution in [1.29, 1.82) is 0 Å². The Bertz CT molecular complexity index is 1270. The van der Waals surface area contributed by atoms with Gasteiger partial charge >= 0.3 is 0 Å². The second kappa shape index (κ2) is 11.2. The summed E-state index contributed by atoms with van der Waals surface area (Å²) >= 11 is 0. The fourth-order valence-corrected chi connectivity index (χ4v) is 5.82. The van der Waals surface area contributed by atoms with Crippen molar-refractivity contribution in [2.45, 2.75) is 19.4 Å². The molecule has 35 heavy (non-hydrogen) atoms. The van der Waals surface area contributed by atoms with Crippen molar-refractivity contribution < 1.29 is 5.11 Å². The van der Waals surface area contributed by atoms with E-state index in [1.54, 1.807) is 0 Å². The molecule has 0 saturated heterocycles. The molecule has 0 radical (unpaired) electrons. The topological polar surface area (TPSA) is 23.5 Å². The summed E-state index contributed by atoms with van der Waals surface area (Å²) in [7, 11) is 0.389. The maximum atomic E-state index is 11.2. The first kappa shape index (κ1) is 23.1. The number of aromatic hydroxyl groups is 1. The van der Waals surface area contributed by atoms with Crippen molar-refractivity contribution in [2.24, 2.45) is 5.92 Å². The molecule has 1 aliphatic rings. The van der Waals surface area contributed by atoms with Gasteiger partial charge in [0.25, 0.3) is 0 Å². The van der Waals surface area contributed by atoms with Gasteiger partial charge in [0.15, 0.2) is 0 Å². The molecule has 2 unspecified atom stereocenters. The number of phenolic OH excluding ortho intramolecular Hbond substituents is 1. The van der Waals surface area contributed by atoms with Gasteiger partial charge in [-0.1, -0.05) is 112 Å². The van der Waals surface area contributed by atoms with E-state index in [2.05, 4.69) is 132 Å². The molecule has 0 aromatic heterocycles. The molecule has 0 aliphatic heterocycles. The average molecular weight is 476 g/mol. The quantitative estimate of drug-likeness (QED) is 0.277. The SMILES string of the molecule is Oc1c(CC2C=CC=CC2)cccc1Pc1ccccc1CN(c1ccccc1)c1ccccc1. The minimum absolute atomic E-state index is 0.389. The van der Waals surface area contributed by atoms with E-state index in [4.69, 9.17) is 0 Å². The van der Waals surface area contributed by atoms with Crippen molar-refractivity contribution in [1.82, 2.24) is 0 Å². The van der Waals surface area contributed by atoms with Gasteiger partial charge in [0.1, 0.15) is 5.75 Å². The second-order valence-corrected chi connectivity index (χ2v) is 10.2. The summed E-state index contributed by atoms with van der Waals surface area (Å²) in [6, 6.07) is 35.9. The van der Waals surface area contributed by atoms with Crippen LogP contribution in [0.1, 0.15) is 17.5 Å². The highest BCUT2D eigenvalue weighted by atomic mass is 31.1. The van der Waals surface area contributed by atoms with Crippen molar-refractivity contribution >= 4 is 30.6 Å². The summed E-state index contributed by atoms with van der Waals surface area (Å²) in [4.78, 5) is 2.35. The van der Waals surface area contributed by atoms with E-state index < -0.39 is 0 Å². The Morgan fingerprint density at radius 1 is 0.686 bits per heavy atom. The average Bonchev–Trinajstić information content (AvgIpc) is 2.92. The first-order valence-electron chi connectivity index (χ1n) is 12.1. The summed E-state index contributed by atoms with van der Waals surface area (Å²) in [5.74, 6) is 0.897. The van der Waals surface area contributed by atoms with Crippen LogP contribution < -0.4 is 15.5 Å². The molecule has 0 amide bonds. The molecule has 5 rings (SSSR count). The summed E-state index contributed by atoms with van der Waals surface area (Å²) < 4.78 is 0. The smallest absolute Gasteiger partial charge is 0.126 e. The number of anilines is 2. The van der Waals surface area contributed by atoms with E-state index >= 15 is 0 Å². The fourth-order valence-electron chi connectivity index (χ4n) is 4.57. The number of benzene rings is 4. The lowest BCUT2D eigenvalue weighted by Gasteiger charge is -2.26. The standard InChI is InChI=1S/C32H30NOP/c34-32-26(23-25-13-4-1-5-14-25)16-12-22-31(32)35-30-21-11-10-15-27(30)24-33(28-17-6-2-7-18-28)29-19-8-3-9-20-29/h1-13,15-22,25,34-35H,14,23-24H2. The van der Waals surface area contributed by atoms with Gasteiger partial charge in [0.2, 0.25) is 0 Å². The van der Waals surface area contributed by atoms with E-state index in [1.807, 2.05) is 0 Å². The lowest BCUT2D eigenvalue weighted by molar-refractivity contribution is 0.467. The number of hydrogen-bond donors (Lipinski definition) is 1. The van der Waals surface area contributed by atoms with E-state index in [9.17, 15) is 5.11 Å². The van der Waals surface area contributed by atoms with Crippen LogP contribution in [0.2, 0.25) is 0 Å². The van der Waals surface area contributed by atoms with Gasteiger partial charge < -0.3 is 10.0 Å². The first-order valence-corrected chi connectivity index (χ1v) is 13.1. The maximum Gasteiger partial charge on any atom is 0.126 e. The molecular formula is C32H30NOP. The lowest BCUT2D eigenvalue weighted by atomic mass is 9.93. The molecule has 2 atom stereocenters. The molecule has 1 aliphatic carbocycles. The molecule has 174 valence electrons. The molecule has 3 heteroatoms. The molecule has 4 aromatic rings. The third-order valence-electron chi connectivity index (χ3n) is 6.42. The highest BCUT2D eigenvalue weighted by Gasteiger charge is 2.16. The Kier molecular flexibility index (Phi) is 7.41. The largest absolute Gasteiger partial charge is 0.507 e. The summed E-state index contributed by atoms with van der Waals surface area (Å²) in [5.41, 5.74) is 4.63. The van der Waals surface area contributed by atoms with Crippen LogP contribution in [-0.2, 0) is 13.0 Å². The number of para-hydroxylation sites is 3. The van der Waals surface area contributed by atoms with E-state index in [-0.39, 0.29) is 0 Å². The lowest BCUT2D eigenvalue weighted by Crippen LogP contribution is -2.21. The number of rotatable bonds is 8. The van der Waals surface area contributed by atoms with Gasteiger partial charge in [0, 0.05) is 23.2 Å². The van der Waals surface area contributed by atoms with Crippen LogP contribution in [-0.4, -0.2) is 5.11 Å².